The minimum Gasteiger partial charge on any atom is -0.508 e. The van der Waals surface area contributed by atoms with E-state index < -0.39 is 0 Å². The fourth-order valence-electron chi connectivity index (χ4n) is 13.8. The van der Waals surface area contributed by atoms with E-state index in [0.717, 1.165) is 38.5 Å². The van der Waals surface area contributed by atoms with Crippen molar-refractivity contribution < 1.29 is 20.4 Å². The number of hydrogen-bond acceptors (Lipinski definition) is 4. The summed E-state index contributed by atoms with van der Waals surface area (Å²) >= 11 is 0. The zero-order valence-electron chi connectivity index (χ0n) is 30.5. The van der Waals surface area contributed by atoms with Gasteiger partial charge in [0.05, 0.1) is 12.2 Å². The van der Waals surface area contributed by atoms with Crippen LogP contribution < -0.4 is 0 Å². The molecule has 6 aliphatic rings. The van der Waals surface area contributed by atoms with E-state index in [1.54, 1.807) is 0 Å². The maximum absolute atomic E-state index is 11.0. The third kappa shape index (κ3) is 5.97. The molecule has 4 fully saturated rings. The van der Waals surface area contributed by atoms with Crippen molar-refractivity contribution in [1.29, 1.82) is 0 Å². The lowest BCUT2D eigenvalue weighted by molar-refractivity contribution is -0.0396. The van der Waals surface area contributed by atoms with Crippen molar-refractivity contribution in [3.63, 3.8) is 0 Å². The van der Waals surface area contributed by atoms with E-state index in [1.165, 1.54) is 106 Å². The number of phenolic OH excluding ortho intramolecular Hbond substituents is 2. The van der Waals surface area contributed by atoms with Gasteiger partial charge < -0.3 is 20.4 Å². The van der Waals surface area contributed by atoms with Crippen LogP contribution in [0.2, 0.25) is 0 Å². The molecule has 6 aliphatic carbocycles. The zero-order valence-corrected chi connectivity index (χ0v) is 30.5. The first kappa shape index (κ1) is 34.1. The Morgan fingerprint density at radius 3 is 1.39 bits per heavy atom. The van der Waals surface area contributed by atoms with Gasteiger partial charge in [-0.3, -0.25) is 0 Å². The molecule has 0 spiro atoms. The highest BCUT2D eigenvalue weighted by Crippen LogP contribution is 2.64. The fraction of sp³-hybridized carbons (Fsp3) is 0.733. The van der Waals surface area contributed by atoms with Crippen LogP contribution in [0.15, 0.2) is 36.4 Å². The van der Waals surface area contributed by atoms with Gasteiger partial charge in [-0.25, -0.2) is 0 Å². The molecule has 2 unspecified atom stereocenters. The highest BCUT2D eigenvalue weighted by Gasteiger charge is 2.58. The molecule has 0 amide bonds. The third-order valence-corrected chi connectivity index (χ3v) is 16.3. The predicted octanol–water partition coefficient (Wildman–Crippen LogP) is 10.2. The summed E-state index contributed by atoms with van der Waals surface area (Å²) in [6, 6.07) is 12.3. The molecule has 4 saturated carbocycles. The van der Waals surface area contributed by atoms with Crippen LogP contribution in [0, 0.1) is 46.3 Å². The van der Waals surface area contributed by atoms with Crippen LogP contribution in [0.4, 0.5) is 0 Å². The van der Waals surface area contributed by atoms with Crippen LogP contribution in [0.3, 0.4) is 0 Å². The summed E-state index contributed by atoms with van der Waals surface area (Å²) in [7, 11) is 0. The number of aliphatic hydroxyl groups is 2. The van der Waals surface area contributed by atoms with Gasteiger partial charge in [0.2, 0.25) is 0 Å². The third-order valence-electron chi connectivity index (χ3n) is 16.3. The largest absolute Gasteiger partial charge is 0.508 e. The molecule has 268 valence electrons. The van der Waals surface area contributed by atoms with Crippen LogP contribution in [0.25, 0.3) is 0 Å². The minimum atomic E-state index is -0.137. The number of unbranched alkanes of at least 4 members (excludes halogenated alkanes) is 6. The summed E-state index contributed by atoms with van der Waals surface area (Å²) in [4.78, 5) is 0. The van der Waals surface area contributed by atoms with Gasteiger partial charge in [-0.2, -0.15) is 0 Å². The van der Waals surface area contributed by atoms with E-state index in [0.29, 0.717) is 58.8 Å². The van der Waals surface area contributed by atoms with E-state index in [4.69, 9.17) is 0 Å². The molecule has 2 aromatic rings. The van der Waals surface area contributed by atoms with Crippen LogP contribution in [0.5, 0.6) is 11.5 Å². The lowest BCUT2D eigenvalue weighted by atomic mass is 9.52. The first-order chi connectivity index (χ1) is 23.7. The summed E-state index contributed by atoms with van der Waals surface area (Å²) in [6.45, 7) is 4.77. The standard InChI is InChI=1S/C45H64O4/c1-44-22-20-36-34-14-12-32(46)26-30(34)24-28(42(36)38(44)16-18-40(44)48)10-8-6-4-3-5-7-9-11-29-25-31-27-33(47)13-15-35(31)37-21-23-45(2)39(43(29)37)17-19-41(45)49/h12-15,26-29,36-43,46-49H,3-11,16-25H2,1-2H3/t28?,29?,36-,37-,38+,39+,40+,41+,42-,43-,44-,45+/m1/s1. The molecular formula is C45H64O4. The minimum absolute atomic E-state index is 0.0898. The number of benzene rings is 2. The van der Waals surface area contributed by atoms with Gasteiger partial charge >= 0.3 is 0 Å². The lowest BCUT2D eigenvalue weighted by Crippen LogP contribution is -2.47. The van der Waals surface area contributed by atoms with E-state index in [-0.39, 0.29) is 23.0 Å². The Kier molecular flexibility index (Phi) is 9.39. The molecule has 0 bridgehead atoms. The van der Waals surface area contributed by atoms with Crippen LogP contribution in [-0.2, 0) is 12.8 Å². The van der Waals surface area contributed by atoms with E-state index in [9.17, 15) is 20.4 Å². The Morgan fingerprint density at radius 1 is 0.551 bits per heavy atom. The molecule has 12 atom stereocenters. The molecule has 2 aromatic carbocycles. The quantitative estimate of drug-likeness (QED) is 0.190. The van der Waals surface area contributed by atoms with Crippen LogP contribution in [-0.4, -0.2) is 32.6 Å². The molecule has 0 saturated heterocycles. The predicted molar refractivity (Wildman–Crippen MR) is 197 cm³/mol. The number of aliphatic hydroxyl groups excluding tert-OH is 2. The highest BCUT2D eigenvalue weighted by molar-refractivity contribution is 5.42. The Hall–Kier alpha value is -2.04. The maximum atomic E-state index is 11.0. The van der Waals surface area contributed by atoms with Gasteiger partial charge in [-0.1, -0.05) is 70.9 Å². The van der Waals surface area contributed by atoms with Gasteiger partial charge in [-0.05, 0) is 182 Å². The molecule has 8 rings (SSSR count). The summed E-state index contributed by atoms with van der Waals surface area (Å²) in [5.74, 6) is 5.97. The van der Waals surface area contributed by atoms with Crippen molar-refractivity contribution in [2.24, 2.45) is 46.3 Å². The number of fused-ring (bicyclic) bond motifs is 10. The average molecular weight is 669 g/mol. The molecule has 49 heavy (non-hydrogen) atoms. The Morgan fingerprint density at radius 2 is 0.959 bits per heavy atom. The normalized spacial score (nSPS) is 40.5. The monoisotopic (exact) mass is 668 g/mol. The number of phenols is 2. The van der Waals surface area contributed by atoms with Gasteiger partial charge in [0.25, 0.3) is 0 Å². The summed E-state index contributed by atoms with van der Waals surface area (Å²) in [5.41, 5.74) is 5.94. The highest BCUT2D eigenvalue weighted by atomic mass is 16.3. The number of aromatic hydroxyl groups is 2. The average Bonchev–Trinajstić information content (AvgIpc) is 3.56. The second-order valence-electron chi connectivity index (χ2n) is 18.6. The summed E-state index contributed by atoms with van der Waals surface area (Å²) in [6.07, 6.45) is 22.7. The van der Waals surface area contributed by atoms with Crippen LogP contribution >= 0.6 is 0 Å². The molecule has 4 heteroatoms. The number of rotatable bonds is 10. The van der Waals surface area contributed by atoms with Crippen molar-refractivity contribution >= 4 is 0 Å². The fourth-order valence-corrected chi connectivity index (χ4v) is 13.8. The molecule has 0 radical (unpaired) electrons. The van der Waals surface area contributed by atoms with Crippen molar-refractivity contribution in [2.75, 3.05) is 0 Å². The molecule has 0 aromatic heterocycles. The van der Waals surface area contributed by atoms with Crippen molar-refractivity contribution in [1.82, 2.24) is 0 Å². The molecule has 4 nitrogen and oxygen atoms in total. The maximum Gasteiger partial charge on any atom is 0.115 e. The first-order valence-corrected chi connectivity index (χ1v) is 20.7. The lowest BCUT2D eigenvalue weighted by Gasteiger charge is -2.53. The first-order valence-electron chi connectivity index (χ1n) is 20.7. The molecular weight excluding hydrogens is 604 g/mol. The van der Waals surface area contributed by atoms with Crippen molar-refractivity contribution in [3.05, 3.63) is 58.7 Å². The SMILES string of the molecule is C[C@@]12CC[C@@H]3c4ccc(O)cc4CC(CCCCCCCCCC4Cc5cc(O)ccc5[C@H]5CC[C@]6(C)[C@@H](O)CC[C@H]6[C@H]45)[C@H]3[C@@H]1CC[C@@H]2O. The van der Waals surface area contributed by atoms with Gasteiger partial charge in [0.1, 0.15) is 11.5 Å². The van der Waals surface area contributed by atoms with Crippen molar-refractivity contribution in [2.45, 2.75) is 160 Å². The molecule has 0 heterocycles. The number of hydrogen-bond donors (Lipinski definition) is 4. The summed E-state index contributed by atoms with van der Waals surface area (Å²) in [5, 5.41) is 42.6. The Labute approximate surface area is 296 Å². The van der Waals surface area contributed by atoms with Crippen LogP contribution in [0.1, 0.15) is 157 Å². The summed E-state index contributed by atoms with van der Waals surface area (Å²) < 4.78 is 0. The molecule has 4 N–H and O–H groups in total. The van der Waals surface area contributed by atoms with Gasteiger partial charge in [0.15, 0.2) is 0 Å². The van der Waals surface area contributed by atoms with Gasteiger partial charge in [0, 0.05) is 0 Å². The zero-order chi connectivity index (χ0) is 33.9. The molecule has 0 aliphatic heterocycles. The topological polar surface area (TPSA) is 80.9 Å². The van der Waals surface area contributed by atoms with E-state index in [2.05, 4.69) is 38.1 Å². The van der Waals surface area contributed by atoms with Gasteiger partial charge in [-0.15, -0.1) is 0 Å². The van der Waals surface area contributed by atoms with Crippen molar-refractivity contribution in [3.8, 4) is 11.5 Å². The Balaban J connectivity index is 0.827. The Bertz CT molecular complexity index is 1370. The smallest absolute Gasteiger partial charge is 0.115 e. The van der Waals surface area contributed by atoms with E-state index >= 15 is 0 Å². The van der Waals surface area contributed by atoms with E-state index in [1.807, 2.05) is 12.1 Å². The second kappa shape index (κ2) is 13.5. The second-order valence-corrected chi connectivity index (χ2v) is 18.6.